The van der Waals surface area contributed by atoms with Crippen LogP contribution < -0.4 is 0 Å². The van der Waals surface area contributed by atoms with Crippen molar-refractivity contribution in [1.29, 1.82) is 0 Å². The van der Waals surface area contributed by atoms with Gasteiger partial charge >= 0.3 is 6.09 Å². The first kappa shape index (κ1) is 20.5. The Kier molecular flexibility index (Phi) is 5.82. The maximum absolute atomic E-state index is 14.3. The molecule has 2 saturated heterocycles. The van der Waals surface area contributed by atoms with Gasteiger partial charge in [-0.05, 0) is 62.8 Å². The van der Waals surface area contributed by atoms with E-state index in [1.54, 1.807) is 20.8 Å². The Labute approximate surface area is 167 Å². The third-order valence-corrected chi connectivity index (χ3v) is 5.46. The van der Waals surface area contributed by atoms with Crippen molar-refractivity contribution in [3.05, 3.63) is 33.8 Å². The Morgan fingerprint density at radius 1 is 1.26 bits per heavy atom. The molecule has 150 valence electrons. The highest BCUT2D eigenvalue weighted by atomic mass is 79.9. The monoisotopic (exact) mass is 445 g/mol. The van der Waals surface area contributed by atoms with Crippen LogP contribution in [0, 0.1) is 0 Å². The van der Waals surface area contributed by atoms with Gasteiger partial charge in [-0.1, -0.05) is 22.0 Å². The molecular formula is C20H26BrF2NO3. The zero-order valence-corrected chi connectivity index (χ0v) is 17.5. The average molecular weight is 446 g/mol. The average Bonchev–Trinajstić information content (AvgIpc) is 2.90. The molecule has 0 N–H and O–H groups in total. The summed E-state index contributed by atoms with van der Waals surface area (Å²) in [5.41, 5.74) is 1.07. The molecule has 0 radical (unpaired) electrons. The molecule has 1 unspecified atom stereocenters. The van der Waals surface area contributed by atoms with Gasteiger partial charge in [0, 0.05) is 24.1 Å². The third-order valence-electron chi connectivity index (χ3n) is 4.97. The Morgan fingerprint density at radius 3 is 2.56 bits per heavy atom. The van der Waals surface area contributed by atoms with Crippen LogP contribution in [0.15, 0.2) is 22.7 Å². The second-order valence-corrected chi connectivity index (χ2v) is 9.26. The van der Waals surface area contributed by atoms with Crippen LogP contribution in [0.4, 0.5) is 13.6 Å². The fourth-order valence-electron chi connectivity index (χ4n) is 3.82. The molecule has 1 atom stereocenters. The van der Waals surface area contributed by atoms with E-state index in [0.29, 0.717) is 13.2 Å². The van der Waals surface area contributed by atoms with Crippen LogP contribution in [0.3, 0.4) is 0 Å². The predicted octanol–water partition coefficient (Wildman–Crippen LogP) is 5.66. The van der Waals surface area contributed by atoms with E-state index in [9.17, 15) is 13.6 Å². The number of hydrogen-bond donors (Lipinski definition) is 0. The van der Waals surface area contributed by atoms with E-state index in [0.717, 1.165) is 28.4 Å². The molecule has 2 heterocycles. The molecule has 3 rings (SSSR count). The fraction of sp³-hybridized carbons (Fsp3) is 0.650. The van der Waals surface area contributed by atoms with Gasteiger partial charge in [0.2, 0.25) is 0 Å². The minimum absolute atomic E-state index is 0.247. The molecule has 27 heavy (non-hydrogen) atoms. The van der Waals surface area contributed by atoms with Crippen molar-refractivity contribution in [2.24, 2.45) is 0 Å². The normalized spacial score (nSPS) is 23.5. The summed E-state index contributed by atoms with van der Waals surface area (Å²) in [4.78, 5) is 13.8. The number of amides is 1. The second kappa shape index (κ2) is 7.66. The number of likely N-dealkylation sites (tertiary alicyclic amines) is 1. The third kappa shape index (κ3) is 4.99. The first-order chi connectivity index (χ1) is 12.6. The van der Waals surface area contributed by atoms with Gasteiger partial charge in [0.05, 0.1) is 12.6 Å². The van der Waals surface area contributed by atoms with Crippen molar-refractivity contribution < 1.29 is 23.0 Å². The number of alkyl halides is 2. The van der Waals surface area contributed by atoms with E-state index in [-0.39, 0.29) is 12.3 Å². The van der Waals surface area contributed by atoms with Crippen LogP contribution >= 0.6 is 15.9 Å². The summed E-state index contributed by atoms with van der Waals surface area (Å²) in [5, 5.41) is 0. The SMILES string of the molecule is CC(C)(C)OC(=O)N1CC(F)(F)CC1c1cc(Br)ccc1C1CCOCC1. The predicted molar refractivity (Wildman–Crippen MR) is 102 cm³/mol. The summed E-state index contributed by atoms with van der Waals surface area (Å²) in [6, 6.07) is 5.08. The van der Waals surface area contributed by atoms with E-state index < -0.39 is 30.2 Å². The molecule has 2 fully saturated rings. The smallest absolute Gasteiger partial charge is 0.411 e. The van der Waals surface area contributed by atoms with Gasteiger partial charge in [-0.25, -0.2) is 13.6 Å². The molecule has 0 aromatic heterocycles. The first-order valence-electron chi connectivity index (χ1n) is 9.30. The zero-order chi connectivity index (χ0) is 19.8. The summed E-state index contributed by atoms with van der Waals surface area (Å²) in [7, 11) is 0. The van der Waals surface area contributed by atoms with E-state index in [1.165, 1.54) is 4.90 Å². The first-order valence-corrected chi connectivity index (χ1v) is 10.1. The van der Waals surface area contributed by atoms with Gasteiger partial charge in [0.25, 0.3) is 5.92 Å². The number of benzene rings is 1. The number of carbonyl (C=O) groups is 1. The fourth-order valence-corrected chi connectivity index (χ4v) is 4.20. The van der Waals surface area contributed by atoms with Crippen LogP contribution in [0.25, 0.3) is 0 Å². The summed E-state index contributed by atoms with van der Waals surface area (Å²) >= 11 is 3.45. The topological polar surface area (TPSA) is 38.8 Å². The molecule has 0 aliphatic carbocycles. The molecular weight excluding hydrogens is 420 g/mol. The number of hydrogen-bond acceptors (Lipinski definition) is 3. The van der Waals surface area contributed by atoms with Crippen molar-refractivity contribution in [3.8, 4) is 0 Å². The minimum atomic E-state index is -2.93. The number of halogens is 3. The van der Waals surface area contributed by atoms with Crippen molar-refractivity contribution in [3.63, 3.8) is 0 Å². The molecule has 0 saturated carbocycles. The van der Waals surface area contributed by atoms with Crippen molar-refractivity contribution in [2.75, 3.05) is 19.8 Å². The Balaban J connectivity index is 1.96. The molecule has 0 bridgehead atoms. The quantitative estimate of drug-likeness (QED) is 0.589. The van der Waals surface area contributed by atoms with Crippen LogP contribution in [-0.2, 0) is 9.47 Å². The van der Waals surface area contributed by atoms with Crippen molar-refractivity contribution in [2.45, 2.75) is 63.5 Å². The van der Waals surface area contributed by atoms with Crippen LogP contribution in [0.5, 0.6) is 0 Å². The van der Waals surface area contributed by atoms with E-state index >= 15 is 0 Å². The van der Waals surface area contributed by atoms with Gasteiger partial charge in [-0.3, -0.25) is 4.90 Å². The van der Waals surface area contributed by atoms with E-state index in [4.69, 9.17) is 9.47 Å². The Morgan fingerprint density at radius 2 is 1.93 bits per heavy atom. The lowest BCUT2D eigenvalue weighted by atomic mass is 9.85. The lowest BCUT2D eigenvalue weighted by molar-refractivity contribution is -0.00244. The Bertz CT molecular complexity index is 699. The molecule has 1 aromatic rings. The highest BCUT2D eigenvalue weighted by Gasteiger charge is 2.49. The van der Waals surface area contributed by atoms with E-state index in [2.05, 4.69) is 15.9 Å². The molecule has 4 nitrogen and oxygen atoms in total. The van der Waals surface area contributed by atoms with Crippen LogP contribution in [0.2, 0.25) is 0 Å². The largest absolute Gasteiger partial charge is 0.444 e. The van der Waals surface area contributed by atoms with Gasteiger partial charge in [0.1, 0.15) is 5.60 Å². The summed E-state index contributed by atoms with van der Waals surface area (Å²) in [5.74, 6) is -2.69. The van der Waals surface area contributed by atoms with Gasteiger partial charge in [0.15, 0.2) is 0 Å². The lowest BCUT2D eigenvalue weighted by Gasteiger charge is -2.31. The summed E-state index contributed by atoms with van der Waals surface area (Å²) < 4.78 is 40.3. The van der Waals surface area contributed by atoms with Crippen LogP contribution in [-0.4, -0.2) is 42.3 Å². The zero-order valence-electron chi connectivity index (χ0n) is 15.9. The van der Waals surface area contributed by atoms with Gasteiger partial charge in [-0.2, -0.15) is 0 Å². The molecule has 0 spiro atoms. The highest BCUT2D eigenvalue weighted by molar-refractivity contribution is 9.10. The second-order valence-electron chi connectivity index (χ2n) is 8.34. The number of carbonyl (C=O) groups excluding carboxylic acids is 1. The molecule has 1 aromatic carbocycles. The van der Waals surface area contributed by atoms with Crippen molar-refractivity contribution >= 4 is 22.0 Å². The minimum Gasteiger partial charge on any atom is -0.444 e. The van der Waals surface area contributed by atoms with Gasteiger partial charge < -0.3 is 9.47 Å². The molecule has 1 amide bonds. The summed E-state index contributed by atoms with van der Waals surface area (Å²) in [6.45, 7) is 5.92. The number of rotatable bonds is 2. The molecule has 7 heteroatoms. The van der Waals surface area contributed by atoms with Gasteiger partial charge in [-0.15, -0.1) is 0 Å². The van der Waals surface area contributed by atoms with E-state index in [1.807, 2.05) is 18.2 Å². The highest BCUT2D eigenvalue weighted by Crippen LogP contribution is 2.45. The molecule has 2 aliphatic heterocycles. The number of nitrogens with zero attached hydrogens (tertiary/aromatic N) is 1. The number of ether oxygens (including phenoxy) is 2. The maximum atomic E-state index is 14.3. The van der Waals surface area contributed by atoms with Crippen molar-refractivity contribution in [1.82, 2.24) is 4.90 Å². The summed E-state index contributed by atoms with van der Waals surface area (Å²) in [6.07, 6.45) is 0.621. The lowest BCUT2D eigenvalue weighted by Crippen LogP contribution is -2.38. The maximum Gasteiger partial charge on any atom is 0.411 e. The van der Waals surface area contributed by atoms with Crippen LogP contribution in [0.1, 0.15) is 63.1 Å². The molecule has 2 aliphatic rings. The standard InChI is InChI=1S/C20H26BrF2NO3/c1-19(2,3)27-18(25)24-12-20(22,23)11-17(24)16-10-14(21)4-5-15(16)13-6-8-26-9-7-13/h4-5,10,13,17H,6-9,11-12H2,1-3H3. The Hall–Kier alpha value is -1.21.